The number of hydrogen-bond donors (Lipinski definition) is 1. The van der Waals surface area contributed by atoms with E-state index in [2.05, 4.69) is 5.32 Å². The molecule has 1 heterocycles. The topological polar surface area (TPSA) is 49.4 Å². The predicted octanol–water partition coefficient (Wildman–Crippen LogP) is 0.915. The molecule has 0 saturated carbocycles. The van der Waals surface area contributed by atoms with Crippen LogP contribution in [0.25, 0.3) is 0 Å². The van der Waals surface area contributed by atoms with E-state index in [1.54, 1.807) is 0 Å². The van der Waals surface area contributed by atoms with Gasteiger partial charge in [0.15, 0.2) is 0 Å². The molecule has 0 atom stereocenters. The molecule has 4 heteroatoms. The van der Waals surface area contributed by atoms with Crippen molar-refractivity contribution in [2.24, 2.45) is 0 Å². The van der Waals surface area contributed by atoms with Gasteiger partial charge in [-0.2, -0.15) is 0 Å². The maximum atomic E-state index is 11.6. The van der Waals surface area contributed by atoms with Crippen molar-refractivity contribution >= 4 is 11.8 Å². The zero-order chi connectivity index (χ0) is 11.1. The van der Waals surface area contributed by atoms with Gasteiger partial charge in [0, 0.05) is 32.5 Å². The van der Waals surface area contributed by atoms with Gasteiger partial charge >= 0.3 is 0 Å². The molecular formula is C11H20N2O2. The molecule has 0 unspecified atom stereocenters. The summed E-state index contributed by atoms with van der Waals surface area (Å²) in [6.45, 7) is 4.23. The van der Waals surface area contributed by atoms with Crippen molar-refractivity contribution in [2.45, 2.75) is 39.0 Å². The maximum absolute atomic E-state index is 11.6. The molecule has 86 valence electrons. The lowest BCUT2D eigenvalue weighted by molar-refractivity contribution is -0.130. The average molecular weight is 212 g/mol. The van der Waals surface area contributed by atoms with Crippen LogP contribution in [0.15, 0.2) is 0 Å². The van der Waals surface area contributed by atoms with Crippen molar-refractivity contribution in [3.63, 3.8) is 0 Å². The molecule has 1 saturated heterocycles. The highest BCUT2D eigenvalue weighted by atomic mass is 16.2. The van der Waals surface area contributed by atoms with Crippen molar-refractivity contribution < 1.29 is 9.59 Å². The molecule has 15 heavy (non-hydrogen) atoms. The number of carbonyl (C=O) groups is 2. The Bertz CT molecular complexity index is 223. The van der Waals surface area contributed by atoms with E-state index in [0.717, 1.165) is 32.4 Å². The first-order valence-electron chi connectivity index (χ1n) is 5.78. The Hall–Kier alpha value is -1.06. The van der Waals surface area contributed by atoms with Crippen LogP contribution in [-0.2, 0) is 9.59 Å². The molecule has 2 amide bonds. The van der Waals surface area contributed by atoms with Crippen molar-refractivity contribution in [1.29, 1.82) is 0 Å². The van der Waals surface area contributed by atoms with E-state index in [1.807, 2.05) is 11.8 Å². The number of carbonyl (C=O) groups excluding carboxylic acids is 2. The molecule has 1 aliphatic heterocycles. The van der Waals surface area contributed by atoms with Gasteiger partial charge in [-0.05, 0) is 19.3 Å². The minimum Gasteiger partial charge on any atom is -0.356 e. The molecule has 4 nitrogen and oxygen atoms in total. The first kappa shape index (κ1) is 12.0. The summed E-state index contributed by atoms with van der Waals surface area (Å²) < 4.78 is 0. The Labute approximate surface area is 91.0 Å². The van der Waals surface area contributed by atoms with E-state index >= 15 is 0 Å². The molecule has 0 aliphatic carbocycles. The number of amides is 2. The van der Waals surface area contributed by atoms with Gasteiger partial charge in [-0.15, -0.1) is 0 Å². The largest absolute Gasteiger partial charge is 0.356 e. The van der Waals surface area contributed by atoms with Gasteiger partial charge in [-0.25, -0.2) is 0 Å². The summed E-state index contributed by atoms with van der Waals surface area (Å²) in [4.78, 5) is 24.6. The third-order valence-corrected chi connectivity index (χ3v) is 2.60. The van der Waals surface area contributed by atoms with Crippen LogP contribution in [0.1, 0.15) is 39.0 Å². The van der Waals surface area contributed by atoms with E-state index in [9.17, 15) is 9.59 Å². The van der Waals surface area contributed by atoms with E-state index < -0.39 is 0 Å². The molecule has 1 rings (SSSR count). The van der Waals surface area contributed by atoms with Gasteiger partial charge in [-0.3, -0.25) is 9.59 Å². The molecule has 0 aromatic rings. The number of rotatable bonds is 5. The lowest BCUT2D eigenvalue weighted by atomic mass is 10.3. The lowest BCUT2D eigenvalue weighted by Crippen LogP contribution is -2.32. The molecule has 0 aromatic carbocycles. The SMILES string of the molecule is CCCC(=O)NCCC(=O)N1CCCC1. The standard InChI is InChI=1S/C11H20N2O2/c1-2-5-10(14)12-7-6-11(15)13-8-3-4-9-13/h2-9H2,1H3,(H,12,14). The van der Waals surface area contributed by atoms with E-state index in [4.69, 9.17) is 0 Å². The number of likely N-dealkylation sites (tertiary alicyclic amines) is 1. The molecule has 0 spiro atoms. The lowest BCUT2D eigenvalue weighted by Gasteiger charge is -2.15. The Morgan fingerprint density at radius 1 is 1.20 bits per heavy atom. The molecular weight excluding hydrogens is 192 g/mol. The van der Waals surface area contributed by atoms with Crippen LogP contribution in [-0.4, -0.2) is 36.3 Å². The van der Waals surface area contributed by atoms with Crippen LogP contribution in [0.3, 0.4) is 0 Å². The fraction of sp³-hybridized carbons (Fsp3) is 0.818. The summed E-state index contributed by atoms with van der Waals surface area (Å²) in [5, 5.41) is 2.75. The highest BCUT2D eigenvalue weighted by molar-refractivity contribution is 5.79. The second-order valence-corrected chi connectivity index (χ2v) is 3.94. The quantitative estimate of drug-likeness (QED) is 0.736. The molecule has 0 radical (unpaired) electrons. The third-order valence-electron chi connectivity index (χ3n) is 2.60. The first-order chi connectivity index (χ1) is 7.24. The smallest absolute Gasteiger partial charge is 0.224 e. The van der Waals surface area contributed by atoms with Crippen LogP contribution in [0, 0.1) is 0 Å². The van der Waals surface area contributed by atoms with E-state index in [0.29, 0.717) is 19.4 Å². The van der Waals surface area contributed by atoms with Crippen LogP contribution < -0.4 is 5.32 Å². The summed E-state index contributed by atoms with van der Waals surface area (Å²) >= 11 is 0. The number of nitrogens with zero attached hydrogens (tertiary/aromatic N) is 1. The monoisotopic (exact) mass is 212 g/mol. The molecule has 0 bridgehead atoms. The van der Waals surface area contributed by atoms with Crippen molar-refractivity contribution in [2.75, 3.05) is 19.6 Å². The van der Waals surface area contributed by atoms with Gasteiger partial charge in [-0.1, -0.05) is 6.92 Å². The Kier molecular flexibility index (Phi) is 5.15. The molecule has 0 aromatic heterocycles. The highest BCUT2D eigenvalue weighted by Crippen LogP contribution is 2.08. The molecule has 1 N–H and O–H groups in total. The first-order valence-corrected chi connectivity index (χ1v) is 5.78. The van der Waals surface area contributed by atoms with Crippen molar-refractivity contribution in [1.82, 2.24) is 10.2 Å². The van der Waals surface area contributed by atoms with E-state index in [1.165, 1.54) is 0 Å². The zero-order valence-electron chi connectivity index (χ0n) is 9.42. The second kappa shape index (κ2) is 6.43. The molecule has 1 fully saturated rings. The van der Waals surface area contributed by atoms with Crippen LogP contribution >= 0.6 is 0 Å². The van der Waals surface area contributed by atoms with Crippen LogP contribution in [0.5, 0.6) is 0 Å². The summed E-state index contributed by atoms with van der Waals surface area (Å²) in [6.07, 6.45) is 4.08. The van der Waals surface area contributed by atoms with Gasteiger partial charge in [0.05, 0.1) is 0 Å². The summed E-state index contributed by atoms with van der Waals surface area (Å²) in [5.41, 5.74) is 0. The van der Waals surface area contributed by atoms with Gasteiger partial charge in [0.25, 0.3) is 0 Å². The summed E-state index contributed by atoms with van der Waals surface area (Å²) in [7, 11) is 0. The Morgan fingerprint density at radius 3 is 2.47 bits per heavy atom. The van der Waals surface area contributed by atoms with Crippen LogP contribution in [0.2, 0.25) is 0 Å². The van der Waals surface area contributed by atoms with Gasteiger partial charge < -0.3 is 10.2 Å². The minimum absolute atomic E-state index is 0.0479. The normalized spacial score (nSPS) is 15.4. The summed E-state index contributed by atoms with van der Waals surface area (Å²) in [5.74, 6) is 0.219. The predicted molar refractivity (Wildman–Crippen MR) is 58.3 cm³/mol. The van der Waals surface area contributed by atoms with Crippen LogP contribution in [0.4, 0.5) is 0 Å². The fourth-order valence-corrected chi connectivity index (χ4v) is 1.75. The summed E-state index contributed by atoms with van der Waals surface area (Å²) in [6, 6.07) is 0. The molecule has 1 aliphatic rings. The third kappa shape index (κ3) is 4.32. The zero-order valence-corrected chi connectivity index (χ0v) is 9.42. The Balaban J connectivity index is 2.08. The number of hydrogen-bond acceptors (Lipinski definition) is 2. The van der Waals surface area contributed by atoms with E-state index in [-0.39, 0.29) is 11.8 Å². The minimum atomic E-state index is 0.0479. The fourth-order valence-electron chi connectivity index (χ4n) is 1.75. The Morgan fingerprint density at radius 2 is 1.87 bits per heavy atom. The number of nitrogens with one attached hydrogen (secondary N) is 1. The average Bonchev–Trinajstić information content (AvgIpc) is 2.70. The highest BCUT2D eigenvalue weighted by Gasteiger charge is 2.17. The maximum Gasteiger partial charge on any atom is 0.224 e. The van der Waals surface area contributed by atoms with Gasteiger partial charge in [0.1, 0.15) is 0 Å². The van der Waals surface area contributed by atoms with Gasteiger partial charge in [0.2, 0.25) is 11.8 Å². The second-order valence-electron chi connectivity index (χ2n) is 3.94. The van der Waals surface area contributed by atoms with Crippen molar-refractivity contribution in [3.8, 4) is 0 Å². The van der Waals surface area contributed by atoms with Crippen molar-refractivity contribution in [3.05, 3.63) is 0 Å².